The van der Waals surface area contributed by atoms with Crippen molar-refractivity contribution >= 4 is 44.2 Å². The van der Waals surface area contributed by atoms with Crippen molar-refractivity contribution < 1.29 is 13.8 Å². The Morgan fingerprint density at radius 1 is 1.25 bits per heavy atom. The molecule has 1 atom stereocenters. The van der Waals surface area contributed by atoms with E-state index in [9.17, 15) is 13.8 Å². The monoisotopic (exact) mass is 381 g/mol. The second-order valence-corrected chi connectivity index (χ2v) is 8.99. The van der Waals surface area contributed by atoms with Gasteiger partial charge in [0.05, 0.1) is 11.1 Å². The zero-order valence-electron chi connectivity index (χ0n) is 13.4. The third-order valence-corrected chi connectivity index (χ3v) is 6.68. The van der Waals surface area contributed by atoms with Crippen LogP contribution in [0.3, 0.4) is 0 Å². The summed E-state index contributed by atoms with van der Waals surface area (Å²) in [5, 5.41) is 1.88. The highest BCUT2D eigenvalue weighted by molar-refractivity contribution is 8.77. The predicted molar refractivity (Wildman–Crippen MR) is 103 cm³/mol. The molecule has 4 nitrogen and oxygen atoms in total. The molecular formula is C17H19NO3S3. The molecule has 1 heterocycles. The van der Waals surface area contributed by atoms with Gasteiger partial charge in [-0.3, -0.25) is 13.8 Å². The van der Waals surface area contributed by atoms with E-state index in [4.69, 9.17) is 0 Å². The minimum Gasteiger partial charge on any atom is -0.268 e. The fourth-order valence-corrected chi connectivity index (χ4v) is 4.90. The highest BCUT2D eigenvalue weighted by atomic mass is 33.1. The van der Waals surface area contributed by atoms with Gasteiger partial charge < -0.3 is 0 Å². The lowest BCUT2D eigenvalue weighted by atomic mass is 10.1. The first-order valence-electron chi connectivity index (χ1n) is 7.50. The highest BCUT2D eigenvalue weighted by Crippen LogP contribution is 2.30. The van der Waals surface area contributed by atoms with Crippen LogP contribution in [0.1, 0.15) is 34.1 Å². The van der Waals surface area contributed by atoms with Gasteiger partial charge in [-0.1, -0.05) is 53.3 Å². The maximum Gasteiger partial charge on any atom is 0.265 e. The summed E-state index contributed by atoms with van der Waals surface area (Å²) in [4.78, 5) is 25.8. The molecule has 1 aliphatic rings. The van der Waals surface area contributed by atoms with Crippen molar-refractivity contribution in [3.8, 4) is 0 Å². The maximum atomic E-state index is 12.3. The summed E-state index contributed by atoms with van der Waals surface area (Å²) in [5.41, 5.74) is 1.33. The van der Waals surface area contributed by atoms with Crippen molar-refractivity contribution in [2.75, 3.05) is 17.3 Å². The summed E-state index contributed by atoms with van der Waals surface area (Å²) in [6, 6.07) is 6.80. The highest BCUT2D eigenvalue weighted by Gasteiger charge is 2.36. The zero-order chi connectivity index (χ0) is 17.5. The molecule has 2 rings (SSSR count). The van der Waals surface area contributed by atoms with Crippen molar-refractivity contribution in [2.45, 2.75) is 13.3 Å². The SMILES string of the molecule is C=C(CSS/C=C/CS(=O)CCC)N1C(=O)c2ccccc2C1=O. The van der Waals surface area contributed by atoms with Crippen LogP contribution in [0, 0.1) is 0 Å². The van der Waals surface area contributed by atoms with Crippen LogP contribution < -0.4 is 0 Å². The summed E-state index contributed by atoms with van der Waals surface area (Å²) in [6.07, 6.45) is 2.80. The van der Waals surface area contributed by atoms with Gasteiger partial charge in [-0.25, -0.2) is 4.90 Å². The Labute approximate surface area is 152 Å². The number of imide groups is 1. The fraction of sp³-hybridized carbons (Fsp3) is 0.294. The van der Waals surface area contributed by atoms with Crippen molar-refractivity contribution in [2.24, 2.45) is 0 Å². The second kappa shape index (κ2) is 9.25. The number of rotatable bonds is 9. The van der Waals surface area contributed by atoms with Crippen molar-refractivity contribution in [1.82, 2.24) is 4.90 Å². The molecule has 0 N–H and O–H groups in total. The van der Waals surface area contributed by atoms with Gasteiger partial charge in [-0.15, -0.1) is 0 Å². The average molecular weight is 382 g/mol. The zero-order valence-corrected chi connectivity index (χ0v) is 15.8. The average Bonchev–Trinajstić information content (AvgIpc) is 2.82. The number of hydrogen-bond acceptors (Lipinski definition) is 5. The molecule has 1 aromatic carbocycles. The summed E-state index contributed by atoms with van der Waals surface area (Å²) in [6.45, 7) is 5.88. The van der Waals surface area contributed by atoms with Gasteiger partial charge in [0.1, 0.15) is 0 Å². The van der Waals surface area contributed by atoms with Crippen LogP contribution in [0.15, 0.2) is 48.0 Å². The molecule has 1 unspecified atom stereocenters. The van der Waals surface area contributed by atoms with Gasteiger partial charge in [0, 0.05) is 33.8 Å². The molecule has 1 aromatic rings. The molecule has 7 heteroatoms. The van der Waals surface area contributed by atoms with Crippen LogP contribution in [0.25, 0.3) is 0 Å². The minimum absolute atomic E-state index is 0.309. The number of amides is 2. The van der Waals surface area contributed by atoms with Crippen LogP contribution in [0.5, 0.6) is 0 Å². The molecule has 24 heavy (non-hydrogen) atoms. The molecule has 128 valence electrons. The second-order valence-electron chi connectivity index (χ2n) is 5.10. The molecule has 0 saturated heterocycles. The molecule has 0 spiro atoms. The van der Waals surface area contributed by atoms with E-state index in [1.807, 2.05) is 18.4 Å². The number of benzene rings is 1. The van der Waals surface area contributed by atoms with Crippen LogP contribution in [-0.4, -0.2) is 38.2 Å². The summed E-state index contributed by atoms with van der Waals surface area (Å²) in [7, 11) is 2.17. The lowest BCUT2D eigenvalue weighted by molar-refractivity contribution is 0.0706. The Morgan fingerprint density at radius 2 is 1.88 bits per heavy atom. The minimum atomic E-state index is -0.793. The number of carbonyl (C=O) groups excluding carboxylic acids is 2. The van der Waals surface area contributed by atoms with Crippen molar-refractivity contribution in [3.05, 3.63) is 59.2 Å². The Morgan fingerprint density at radius 3 is 2.46 bits per heavy atom. The fourth-order valence-electron chi connectivity index (χ4n) is 2.18. The molecule has 0 bridgehead atoms. The number of carbonyl (C=O) groups is 2. The molecule has 0 aliphatic carbocycles. The maximum absolute atomic E-state index is 12.3. The molecule has 1 aliphatic heterocycles. The topological polar surface area (TPSA) is 54.5 Å². The van der Waals surface area contributed by atoms with Crippen LogP contribution >= 0.6 is 21.6 Å². The van der Waals surface area contributed by atoms with E-state index in [1.165, 1.54) is 21.6 Å². The third-order valence-electron chi connectivity index (χ3n) is 3.27. The predicted octanol–water partition coefficient (Wildman–Crippen LogP) is 3.85. The molecular weight excluding hydrogens is 362 g/mol. The standard InChI is InChI=1S/C17H19NO3S3/c1-3-10-24(21)11-6-9-22-23-12-13(2)18-16(19)14-7-4-5-8-15(14)17(18)20/h4-9H,2-3,10-12H2,1H3/b9-6+. The molecule has 0 saturated carbocycles. The van der Waals surface area contributed by atoms with E-state index in [0.29, 0.717) is 28.3 Å². The largest absolute Gasteiger partial charge is 0.268 e. The lowest BCUT2D eigenvalue weighted by Crippen LogP contribution is -2.29. The van der Waals surface area contributed by atoms with Gasteiger partial charge in [0.25, 0.3) is 11.8 Å². The molecule has 2 amide bonds. The van der Waals surface area contributed by atoms with Gasteiger partial charge in [-0.2, -0.15) is 0 Å². The van der Waals surface area contributed by atoms with E-state index in [-0.39, 0.29) is 11.8 Å². The first-order chi connectivity index (χ1) is 11.6. The number of fused-ring (bicyclic) bond motifs is 1. The normalized spacial score (nSPS) is 15.1. The van der Waals surface area contributed by atoms with E-state index in [2.05, 4.69) is 6.58 Å². The van der Waals surface area contributed by atoms with E-state index >= 15 is 0 Å². The first-order valence-corrected chi connectivity index (χ1v) is 11.4. The van der Waals surface area contributed by atoms with Gasteiger partial charge in [0.15, 0.2) is 0 Å². The summed E-state index contributed by atoms with van der Waals surface area (Å²) >= 11 is 0. The third kappa shape index (κ3) is 4.62. The Balaban J connectivity index is 1.80. The van der Waals surface area contributed by atoms with Crippen molar-refractivity contribution in [3.63, 3.8) is 0 Å². The molecule has 0 fully saturated rings. The van der Waals surface area contributed by atoms with E-state index in [0.717, 1.165) is 17.1 Å². The molecule has 0 aromatic heterocycles. The van der Waals surface area contributed by atoms with E-state index < -0.39 is 10.8 Å². The van der Waals surface area contributed by atoms with Crippen molar-refractivity contribution in [1.29, 1.82) is 0 Å². The van der Waals surface area contributed by atoms with Gasteiger partial charge in [0.2, 0.25) is 0 Å². The van der Waals surface area contributed by atoms with E-state index in [1.54, 1.807) is 24.3 Å². The Hall–Kier alpha value is -1.31. The van der Waals surface area contributed by atoms with Crippen LogP contribution in [-0.2, 0) is 10.8 Å². The smallest absolute Gasteiger partial charge is 0.265 e. The van der Waals surface area contributed by atoms with Gasteiger partial charge in [-0.05, 0) is 24.0 Å². The molecule has 0 radical (unpaired) electrons. The Kier molecular flexibility index (Phi) is 7.33. The quantitative estimate of drug-likeness (QED) is 0.369. The first kappa shape index (κ1) is 19.0. The van der Waals surface area contributed by atoms with Gasteiger partial charge >= 0.3 is 0 Å². The van der Waals surface area contributed by atoms with Crippen LogP contribution in [0.2, 0.25) is 0 Å². The summed E-state index contributed by atoms with van der Waals surface area (Å²) < 4.78 is 11.5. The number of nitrogens with zero attached hydrogens (tertiary/aromatic N) is 1. The number of hydrogen-bond donors (Lipinski definition) is 0. The van der Waals surface area contributed by atoms with Crippen LogP contribution in [0.4, 0.5) is 0 Å². The Bertz CT molecular complexity index is 665. The summed E-state index contributed by atoms with van der Waals surface area (Å²) in [5.74, 6) is 1.12. The lowest BCUT2D eigenvalue weighted by Gasteiger charge is -2.15.